The molecule has 1 aliphatic rings. The van der Waals surface area contributed by atoms with Gasteiger partial charge in [-0.3, -0.25) is 4.79 Å². The maximum Gasteiger partial charge on any atom is 0.251 e. The topological polar surface area (TPSA) is 38.3 Å². The molecule has 120 valence electrons. The second-order valence-electron chi connectivity index (χ2n) is 5.70. The van der Waals surface area contributed by atoms with Crippen LogP contribution in [-0.2, 0) is 6.42 Å². The first-order chi connectivity index (χ1) is 11.2. The summed E-state index contributed by atoms with van der Waals surface area (Å²) in [4.78, 5) is 12.5. The Morgan fingerprint density at radius 1 is 1.30 bits per heavy atom. The van der Waals surface area contributed by atoms with E-state index in [4.69, 9.17) is 16.3 Å². The van der Waals surface area contributed by atoms with Gasteiger partial charge in [0.2, 0.25) is 0 Å². The highest BCUT2D eigenvalue weighted by Gasteiger charge is 2.22. The number of hydrogen-bond acceptors (Lipinski definition) is 2. The van der Waals surface area contributed by atoms with Crippen molar-refractivity contribution in [2.24, 2.45) is 0 Å². The van der Waals surface area contributed by atoms with E-state index >= 15 is 0 Å². The van der Waals surface area contributed by atoms with Gasteiger partial charge in [0.25, 0.3) is 5.91 Å². The molecule has 0 saturated carbocycles. The number of halogens is 1. The Labute approximate surface area is 141 Å². The highest BCUT2D eigenvalue weighted by atomic mass is 35.5. The molecule has 0 saturated heterocycles. The van der Waals surface area contributed by atoms with Crippen LogP contribution in [0.1, 0.15) is 47.3 Å². The van der Waals surface area contributed by atoms with Gasteiger partial charge in [0.15, 0.2) is 0 Å². The third-order valence-electron chi connectivity index (χ3n) is 4.17. The highest BCUT2D eigenvalue weighted by molar-refractivity contribution is 6.32. The van der Waals surface area contributed by atoms with E-state index in [9.17, 15) is 4.79 Å². The number of amides is 1. The molecule has 2 aromatic rings. The van der Waals surface area contributed by atoms with Gasteiger partial charge in [-0.1, -0.05) is 35.9 Å². The van der Waals surface area contributed by atoms with Crippen molar-refractivity contribution >= 4 is 17.5 Å². The summed E-state index contributed by atoms with van der Waals surface area (Å²) in [6.07, 6.45) is 3.14. The van der Waals surface area contributed by atoms with Crippen molar-refractivity contribution in [2.75, 3.05) is 6.61 Å². The van der Waals surface area contributed by atoms with Crippen LogP contribution < -0.4 is 10.1 Å². The van der Waals surface area contributed by atoms with Gasteiger partial charge in [0.1, 0.15) is 5.75 Å². The Bertz CT molecular complexity index is 714. The minimum absolute atomic E-state index is 0.0674. The molecule has 1 aliphatic carbocycles. The standard InChI is InChI=1S/C19H20ClNO2/c1-2-23-18-11-10-14(12-16(18)20)19(22)21-17-9-5-7-13-6-3-4-8-15(13)17/h3-4,6,8,10-12,17H,2,5,7,9H2,1H3,(H,21,22)/t17-/m1/s1. The minimum atomic E-state index is -0.100. The van der Waals surface area contributed by atoms with E-state index in [2.05, 4.69) is 23.5 Å². The van der Waals surface area contributed by atoms with Gasteiger partial charge in [0.05, 0.1) is 17.7 Å². The SMILES string of the molecule is CCOc1ccc(C(=O)N[C@@H]2CCCc3ccccc32)cc1Cl. The first-order valence-corrected chi connectivity index (χ1v) is 8.38. The molecule has 1 N–H and O–H groups in total. The lowest BCUT2D eigenvalue weighted by Crippen LogP contribution is -2.30. The van der Waals surface area contributed by atoms with Crippen LogP contribution in [0.15, 0.2) is 42.5 Å². The molecule has 3 rings (SSSR count). The molecule has 0 aliphatic heterocycles. The lowest BCUT2D eigenvalue weighted by Gasteiger charge is -2.26. The monoisotopic (exact) mass is 329 g/mol. The first-order valence-electron chi connectivity index (χ1n) is 8.00. The molecule has 1 atom stereocenters. The average molecular weight is 330 g/mol. The zero-order chi connectivity index (χ0) is 16.2. The Morgan fingerprint density at radius 3 is 2.91 bits per heavy atom. The van der Waals surface area contributed by atoms with Crippen LogP contribution in [0.5, 0.6) is 5.75 Å². The van der Waals surface area contributed by atoms with E-state index in [-0.39, 0.29) is 11.9 Å². The fourth-order valence-corrected chi connectivity index (χ4v) is 3.30. The molecular formula is C19H20ClNO2. The fourth-order valence-electron chi connectivity index (χ4n) is 3.06. The van der Waals surface area contributed by atoms with Gasteiger partial charge in [-0.2, -0.15) is 0 Å². The number of ether oxygens (including phenoxy) is 1. The van der Waals surface area contributed by atoms with Crippen LogP contribution in [0.3, 0.4) is 0 Å². The minimum Gasteiger partial charge on any atom is -0.492 e. The van der Waals surface area contributed by atoms with Crippen molar-refractivity contribution in [1.29, 1.82) is 0 Å². The van der Waals surface area contributed by atoms with Crippen LogP contribution in [0, 0.1) is 0 Å². The van der Waals surface area contributed by atoms with Crippen LogP contribution >= 0.6 is 11.6 Å². The van der Waals surface area contributed by atoms with Crippen molar-refractivity contribution in [2.45, 2.75) is 32.2 Å². The third-order valence-corrected chi connectivity index (χ3v) is 4.46. The summed E-state index contributed by atoms with van der Waals surface area (Å²) in [6.45, 7) is 2.45. The van der Waals surface area contributed by atoms with Crippen molar-refractivity contribution in [1.82, 2.24) is 5.32 Å². The summed E-state index contributed by atoms with van der Waals surface area (Å²) in [7, 11) is 0. The molecule has 4 heteroatoms. The van der Waals surface area contributed by atoms with Gasteiger partial charge in [-0.25, -0.2) is 0 Å². The van der Waals surface area contributed by atoms with E-state index in [1.54, 1.807) is 18.2 Å². The Balaban J connectivity index is 1.76. The molecule has 2 aromatic carbocycles. The summed E-state index contributed by atoms with van der Waals surface area (Å²) in [5.41, 5.74) is 3.11. The highest BCUT2D eigenvalue weighted by Crippen LogP contribution is 2.30. The summed E-state index contributed by atoms with van der Waals surface area (Å²) in [5, 5.41) is 3.59. The summed E-state index contributed by atoms with van der Waals surface area (Å²) in [5.74, 6) is 0.505. The second-order valence-corrected chi connectivity index (χ2v) is 6.10. The molecule has 0 unspecified atom stereocenters. The lowest BCUT2D eigenvalue weighted by molar-refractivity contribution is 0.0932. The number of aryl methyl sites for hydroxylation is 1. The van der Waals surface area contributed by atoms with E-state index in [0.717, 1.165) is 19.3 Å². The molecule has 23 heavy (non-hydrogen) atoms. The predicted molar refractivity (Wildman–Crippen MR) is 92.2 cm³/mol. The number of carbonyl (C=O) groups is 1. The zero-order valence-electron chi connectivity index (χ0n) is 13.1. The smallest absolute Gasteiger partial charge is 0.251 e. The van der Waals surface area contributed by atoms with Crippen molar-refractivity contribution < 1.29 is 9.53 Å². The number of carbonyl (C=O) groups excluding carboxylic acids is 1. The summed E-state index contributed by atoms with van der Waals surface area (Å²) in [6, 6.07) is 13.5. The number of rotatable bonds is 4. The Morgan fingerprint density at radius 2 is 2.13 bits per heavy atom. The van der Waals surface area contributed by atoms with E-state index in [1.807, 2.05) is 13.0 Å². The van der Waals surface area contributed by atoms with Crippen LogP contribution in [0.25, 0.3) is 0 Å². The maximum absolute atomic E-state index is 12.5. The van der Waals surface area contributed by atoms with Crippen LogP contribution in [0.2, 0.25) is 5.02 Å². The number of benzene rings is 2. The molecule has 0 fully saturated rings. The van der Waals surface area contributed by atoms with Gasteiger partial charge in [-0.05, 0) is 55.5 Å². The third kappa shape index (κ3) is 3.50. The Hall–Kier alpha value is -2.00. The molecule has 0 bridgehead atoms. The summed E-state index contributed by atoms with van der Waals surface area (Å²) >= 11 is 6.17. The molecular weight excluding hydrogens is 310 g/mol. The first kappa shape index (κ1) is 15.9. The Kier molecular flexibility index (Phi) is 4.87. The fraction of sp³-hybridized carbons (Fsp3) is 0.316. The van der Waals surface area contributed by atoms with Crippen molar-refractivity contribution in [3.05, 3.63) is 64.2 Å². The molecule has 0 spiro atoms. The molecule has 0 radical (unpaired) electrons. The van der Waals surface area contributed by atoms with E-state index < -0.39 is 0 Å². The average Bonchev–Trinajstić information content (AvgIpc) is 2.57. The van der Waals surface area contributed by atoms with Crippen LogP contribution in [-0.4, -0.2) is 12.5 Å². The van der Waals surface area contributed by atoms with Gasteiger partial charge < -0.3 is 10.1 Å². The van der Waals surface area contributed by atoms with E-state index in [1.165, 1.54) is 11.1 Å². The number of fused-ring (bicyclic) bond motifs is 1. The normalized spacial score (nSPS) is 16.5. The van der Waals surface area contributed by atoms with E-state index in [0.29, 0.717) is 22.9 Å². The second kappa shape index (κ2) is 7.05. The quantitative estimate of drug-likeness (QED) is 0.893. The molecule has 3 nitrogen and oxygen atoms in total. The van der Waals surface area contributed by atoms with Gasteiger partial charge in [-0.15, -0.1) is 0 Å². The zero-order valence-corrected chi connectivity index (χ0v) is 13.9. The van der Waals surface area contributed by atoms with Gasteiger partial charge in [0, 0.05) is 5.56 Å². The summed E-state index contributed by atoms with van der Waals surface area (Å²) < 4.78 is 5.40. The molecule has 0 heterocycles. The predicted octanol–water partition coefficient (Wildman–Crippen LogP) is 4.55. The number of nitrogens with one attached hydrogen (secondary N) is 1. The van der Waals surface area contributed by atoms with Crippen molar-refractivity contribution in [3.8, 4) is 5.75 Å². The largest absolute Gasteiger partial charge is 0.492 e. The molecule has 1 amide bonds. The lowest BCUT2D eigenvalue weighted by atomic mass is 9.87. The number of hydrogen-bond donors (Lipinski definition) is 1. The molecule has 0 aromatic heterocycles. The van der Waals surface area contributed by atoms with Gasteiger partial charge >= 0.3 is 0 Å². The van der Waals surface area contributed by atoms with Crippen LogP contribution in [0.4, 0.5) is 0 Å². The maximum atomic E-state index is 12.5. The van der Waals surface area contributed by atoms with Crippen molar-refractivity contribution in [3.63, 3.8) is 0 Å².